The van der Waals surface area contributed by atoms with Crippen LogP contribution in [0.4, 0.5) is 5.13 Å². The van der Waals surface area contributed by atoms with Crippen LogP contribution in [0.3, 0.4) is 0 Å². The Morgan fingerprint density at radius 3 is 2.75 bits per heavy atom. The summed E-state index contributed by atoms with van der Waals surface area (Å²) >= 11 is 14.8. The van der Waals surface area contributed by atoms with Crippen molar-refractivity contribution in [2.45, 2.75) is 25.7 Å². The van der Waals surface area contributed by atoms with Gasteiger partial charge in [-0.1, -0.05) is 36.0 Å². The van der Waals surface area contributed by atoms with Crippen LogP contribution in [0.15, 0.2) is 11.4 Å². The van der Waals surface area contributed by atoms with Crippen molar-refractivity contribution >= 4 is 56.9 Å². The highest BCUT2D eigenvalue weighted by Crippen LogP contribution is 2.39. The van der Waals surface area contributed by atoms with Crippen molar-refractivity contribution < 1.29 is 4.79 Å². The number of nitrogens with zero attached hydrogens (tertiary/aromatic N) is 1. The fourth-order valence-corrected chi connectivity index (χ4v) is 4.56. The van der Waals surface area contributed by atoms with Gasteiger partial charge in [-0.3, -0.25) is 4.79 Å². The third kappa shape index (κ3) is 3.01. The predicted octanol–water partition coefficient (Wildman–Crippen LogP) is 5.31. The molecule has 1 saturated carbocycles. The minimum atomic E-state index is 0.0813. The fourth-order valence-electron chi connectivity index (χ4n) is 2.37. The lowest BCUT2D eigenvalue weighted by atomic mass is 10.1. The summed E-state index contributed by atoms with van der Waals surface area (Å²) in [5.41, 5.74) is 1.57. The highest BCUT2D eigenvalue weighted by atomic mass is 35.5. The molecular weight excluding hydrogens is 335 g/mol. The molecule has 2 aromatic rings. The fraction of sp³-hybridized carbons (Fsp3) is 0.385. The van der Waals surface area contributed by atoms with Crippen LogP contribution in [-0.4, -0.2) is 10.9 Å². The van der Waals surface area contributed by atoms with E-state index in [0.29, 0.717) is 13.8 Å². The van der Waals surface area contributed by atoms with E-state index in [1.807, 2.05) is 5.38 Å². The number of hydrogen-bond donors (Lipinski definition) is 1. The van der Waals surface area contributed by atoms with E-state index >= 15 is 0 Å². The molecule has 3 nitrogen and oxygen atoms in total. The number of thiazole rings is 1. The number of carbonyl (C=O) groups is 1. The zero-order valence-electron chi connectivity index (χ0n) is 10.5. The molecule has 2 aromatic heterocycles. The Hall–Kier alpha value is -0.620. The van der Waals surface area contributed by atoms with Gasteiger partial charge in [0, 0.05) is 16.9 Å². The second-order valence-electron chi connectivity index (χ2n) is 4.75. The lowest BCUT2D eigenvalue weighted by molar-refractivity contribution is -0.119. The van der Waals surface area contributed by atoms with Crippen molar-refractivity contribution in [1.29, 1.82) is 0 Å². The van der Waals surface area contributed by atoms with Gasteiger partial charge in [0.15, 0.2) is 5.13 Å². The SMILES string of the molecule is O=C(Nc1nc(-c2cc(Cl)sc2Cl)cs1)C1CCCC1. The van der Waals surface area contributed by atoms with Gasteiger partial charge in [0.1, 0.15) is 4.34 Å². The number of aromatic nitrogens is 1. The zero-order chi connectivity index (χ0) is 14.1. The maximum Gasteiger partial charge on any atom is 0.229 e. The third-order valence-electron chi connectivity index (χ3n) is 3.39. The Bertz CT molecular complexity index is 632. The molecule has 0 radical (unpaired) electrons. The van der Waals surface area contributed by atoms with E-state index in [-0.39, 0.29) is 11.8 Å². The van der Waals surface area contributed by atoms with Crippen LogP contribution >= 0.6 is 45.9 Å². The highest BCUT2D eigenvalue weighted by molar-refractivity contribution is 7.20. The van der Waals surface area contributed by atoms with E-state index in [0.717, 1.165) is 36.9 Å². The van der Waals surface area contributed by atoms with Crippen LogP contribution < -0.4 is 5.32 Å². The normalized spacial score (nSPS) is 15.7. The molecule has 20 heavy (non-hydrogen) atoms. The quantitative estimate of drug-likeness (QED) is 0.818. The van der Waals surface area contributed by atoms with E-state index in [1.54, 1.807) is 6.07 Å². The number of hydrogen-bond acceptors (Lipinski definition) is 4. The molecule has 1 aliphatic rings. The first-order valence-corrected chi connectivity index (χ1v) is 8.80. The minimum Gasteiger partial charge on any atom is -0.302 e. The predicted molar refractivity (Wildman–Crippen MR) is 86.0 cm³/mol. The van der Waals surface area contributed by atoms with Crippen molar-refractivity contribution in [2.24, 2.45) is 5.92 Å². The van der Waals surface area contributed by atoms with Crippen molar-refractivity contribution in [2.75, 3.05) is 5.32 Å². The first-order chi connectivity index (χ1) is 9.63. The van der Waals surface area contributed by atoms with E-state index in [2.05, 4.69) is 10.3 Å². The van der Waals surface area contributed by atoms with Gasteiger partial charge in [0.2, 0.25) is 5.91 Å². The average molecular weight is 347 g/mol. The summed E-state index contributed by atoms with van der Waals surface area (Å²) in [5, 5.41) is 5.40. The van der Waals surface area contributed by atoms with Crippen LogP contribution in [0.2, 0.25) is 8.67 Å². The molecule has 0 aromatic carbocycles. The number of amides is 1. The molecule has 0 atom stereocenters. The van der Waals surface area contributed by atoms with Gasteiger partial charge < -0.3 is 5.32 Å². The van der Waals surface area contributed by atoms with Gasteiger partial charge in [0.25, 0.3) is 0 Å². The Morgan fingerprint density at radius 2 is 2.10 bits per heavy atom. The number of anilines is 1. The van der Waals surface area contributed by atoms with Gasteiger partial charge in [-0.25, -0.2) is 4.98 Å². The lowest BCUT2D eigenvalue weighted by Crippen LogP contribution is -2.20. The Kier molecular flexibility index (Phi) is 4.31. The molecule has 0 bridgehead atoms. The van der Waals surface area contributed by atoms with Crippen LogP contribution in [0.1, 0.15) is 25.7 Å². The van der Waals surface area contributed by atoms with Crippen LogP contribution in [-0.2, 0) is 4.79 Å². The van der Waals surface area contributed by atoms with Crippen molar-refractivity contribution in [3.8, 4) is 11.3 Å². The molecule has 0 aliphatic heterocycles. The van der Waals surface area contributed by atoms with E-state index in [4.69, 9.17) is 23.2 Å². The molecule has 1 fully saturated rings. The van der Waals surface area contributed by atoms with Crippen molar-refractivity contribution in [3.63, 3.8) is 0 Å². The molecule has 7 heteroatoms. The monoisotopic (exact) mass is 346 g/mol. The second kappa shape index (κ2) is 6.02. The molecule has 106 valence electrons. The summed E-state index contributed by atoms with van der Waals surface area (Å²) in [4.78, 5) is 16.5. The molecule has 1 amide bonds. The molecule has 0 spiro atoms. The standard InChI is InChI=1S/C13H12Cl2N2OS2/c14-10-5-8(11(15)20-10)9-6-19-13(16-9)17-12(18)7-3-1-2-4-7/h5-7H,1-4H2,(H,16,17,18). The molecule has 1 N–H and O–H groups in total. The number of rotatable bonds is 3. The van der Waals surface area contributed by atoms with Crippen LogP contribution in [0.25, 0.3) is 11.3 Å². The largest absolute Gasteiger partial charge is 0.302 e. The maximum absolute atomic E-state index is 12.0. The molecule has 2 heterocycles. The van der Waals surface area contributed by atoms with Gasteiger partial charge in [-0.15, -0.1) is 22.7 Å². The van der Waals surface area contributed by atoms with E-state index < -0.39 is 0 Å². The number of thiophene rings is 1. The second-order valence-corrected chi connectivity index (χ2v) is 7.89. The molecule has 0 saturated heterocycles. The first-order valence-electron chi connectivity index (χ1n) is 6.35. The van der Waals surface area contributed by atoms with E-state index in [9.17, 15) is 4.79 Å². The van der Waals surface area contributed by atoms with Crippen LogP contribution in [0, 0.1) is 5.92 Å². The van der Waals surface area contributed by atoms with Crippen molar-refractivity contribution in [3.05, 3.63) is 20.1 Å². The zero-order valence-corrected chi connectivity index (χ0v) is 13.6. The summed E-state index contributed by atoms with van der Waals surface area (Å²) < 4.78 is 1.25. The lowest BCUT2D eigenvalue weighted by Gasteiger charge is -2.07. The van der Waals surface area contributed by atoms with Crippen molar-refractivity contribution in [1.82, 2.24) is 4.98 Å². The average Bonchev–Trinajstić information content (AvgIpc) is 3.10. The summed E-state index contributed by atoms with van der Waals surface area (Å²) in [6.45, 7) is 0. The van der Waals surface area contributed by atoms with Gasteiger partial charge in [-0.05, 0) is 18.9 Å². The van der Waals surface area contributed by atoms with Gasteiger partial charge >= 0.3 is 0 Å². The number of halogens is 2. The van der Waals surface area contributed by atoms with Gasteiger partial charge in [0.05, 0.1) is 10.0 Å². The first kappa shape index (κ1) is 14.3. The number of nitrogens with one attached hydrogen (secondary N) is 1. The Morgan fingerprint density at radius 1 is 1.35 bits per heavy atom. The molecule has 0 unspecified atom stereocenters. The molecule has 3 rings (SSSR count). The third-order valence-corrected chi connectivity index (χ3v) is 5.64. The summed E-state index contributed by atoms with van der Waals surface area (Å²) in [7, 11) is 0. The topological polar surface area (TPSA) is 42.0 Å². The van der Waals surface area contributed by atoms with Gasteiger partial charge in [-0.2, -0.15) is 0 Å². The summed E-state index contributed by atoms with van der Waals surface area (Å²) in [6, 6.07) is 1.80. The maximum atomic E-state index is 12.0. The number of carbonyl (C=O) groups excluding carboxylic acids is 1. The highest BCUT2D eigenvalue weighted by Gasteiger charge is 2.23. The summed E-state index contributed by atoms with van der Waals surface area (Å²) in [5.74, 6) is 0.222. The summed E-state index contributed by atoms with van der Waals surface area (Å²) in [6.07, 6.45) is 4.25. The van der Waals surface area contributed by atoms with Crippen LogP contribution in [0.5, 0.6) is 0 Å². The molecular formula is C13H12Cl2N2OS2. The molecule has 1 aliphatic carbocycles. The Labute approximate surface area is 134 Å². The smallest absolute Gasteiger partial charge is 0.229 e. The Balaban J connectivity index is 1.73. The van der Waals surface area contributed by atoms with E-state index in [1.165, 1.54) is 22.7 Å². The minimum absolute atomic E-state index is 0.0813.